The van der Waals surface area contributed by atoms with Crippen LogP contribution in [0.1, 0.15) is 20.3 Å². The van der Waals surface area contributed by atoms with Crippen LogP contribution < -0.4 is 11.1 Å². The van der Waals surface area contributed by atoms with Crippen molar-refractivity contribution in [1.29, 1.82) is 0 Å². The zero-order valence-corrected chi connectivity index (χ0v) is 12.5. The summed E-state index contributed by atoms with van der Waals surface area (Å²) in [7, 11) is 1.69. The van der Waals surface area contributed by atoms with Crippen molar-refractivity contribution >= 4 is 29.9 Å². The SMILES string of the molecule is COC1(CN=C(N)NC(C)C)CCOC1.I. The molecule has 0 radical (unpaired) electrons. The molecule has 1 fully saturated rings. The molecule has 0 spiro atoms. The fraction of sp³-hybridized carbons (Fsp3) is 0.900. The Bertz CT molecular complexity index is 228. The predicted octanol–water partition coefficient (Wildman–Crippen LogP) is 0.723. The highest BCUT2D eigenvalue weighted by Crippen LogP contribution is 2.22. The summed E-state index contributed by atoms with van der Waals surface area (Å²) >= 11 is 0. The van der Waals surface area contributed by atoms with Crippen molar-refractivity contribution < 1.29 is 9.47 Å². The Morgan fingerprint density at radius 3 is 2.75 bits per heavy atom. The minimum absolute atomic E-state index is 0. The average molecular weight is 343 g/mol. The second-order valence-electron chi connectivity index (χ2n) is 4.19. The molecule has 1 rings (SSSR count). The van der Waals surface area contributed by atoms with Crippen LogP contribution in [0.5, 0.6) is 0 Å². The third-order valence-electron chi connectivity index (χ3n) is 2.47. The van der Waals surface area contributed by atoms with E-state index in [0.29, 0.717) is 25.2 Å². The van der Waals surface area contributed by atoms with Gasteiger partial charge in [0.1, 0.15) is 5.60 Å². The molecule has 0 aromatic carbocycles. The maximum absolute atomic E-state index is 5.71. The number of hydrogen-bond donors (Lipinski definition) is 2. The first-order valence-electron chi connectivity index (χ1n) is 5.27. The van der Waals surface area contributed by atoms with Gasteiger partial charge in [-0.2, -0.15) is 0 Å². The van der Waals surface area contributed by atoms with Crippen molar-refractivity contribution in [1.82, 2.24) is 5.32 Å². The summed E-state index contributed by atoms with van der Waals surface area (Å²) in [6.07, 6.45) is 0.877. The van der Waals surface area contributed by atoms with Gasteiger partial charge in [0.2, 0.25) is 0 Å². The van der Waals surface area contributed by atoms with Crippen molar-refractivity contribution in [2.75, 3.05) is 26.9 Å². The molecule has 96 valence electrons. The van der Waals surface area contributed by atoms with Crippen molar-refractivity contribution in [2.45, 2.75) is 31.9 Å². The summed E-state index contributed by atoms with van der Waals surface area (Å²) < 4.78 is 10.7. The Hall–Kier alpha value is -0.0800. The molecule has 6 heteroatoms. The van der Waals surface area contributed by atoms with E-state index in [1.165, 1.54) is 0 Å². The van der Waals surface area contributed by atoms with Crippen LogP contribution in [0.4, 0.5) is 0 Å². The number of ether oxygens (including phenoxy) is 2. The van der Waals surface area contributed by atoms with E-state index < -0.39 is 0 Å². The Labute approximate surface area is 114 Å². The molecule has 5 nitrogen and oxygen atoms in total. The number of nitrogens with two attached hydrogens (primary N) is 1. The number of nitrogens with one attached hydrogen (secondary N) is 1. The fourth-order valence-corrected chi connectivity index (χ4v) is 1.51. The van der Waals surface area contributed by atoms with Crippen LogP contribution in [-0.4, -0.2) is 44.5 Å². The van der Waals surface area contributed by atoms with Crippen molar-refractivity contribution in [2.24, 2.45) is 10.7 Å². The summed E-state index contributed by atoms with van der Waals surface area (Å²) in [5.41, 5.74) is 5.43. The first kappa shape index (κ1) is 15.9. The number of rotatable bonds is 4. The van der Waals surface area contributed by atoms with Crippen molar-refractivity contribution in [3.63, 3.8) is 0 Å². The van der Waals surface area contributed by atoms with Crippen molar-refractivity contribution in [3.8, 4) is 0 Å². The van der Waals surface area contributed by atoms with Gasteiger partial charge in [-0.05, 0) is 13.8 Å². The normalized spacial score (nSPS) is 25.6. The standard InChI is InChI=1S/C10H21N3O2.HI/c1-8(2)13-9(11)12-6-10(14-3)4-5-15-7-10;/h8H,4-7H2,1-3H3,(H3,11,12,13);1H. The molecular weight excluding hydrogens is 321 g/mol. The molecule has 0 amide bonds. The molecule has 1 heterocycles. The minimum atomic E-state index is -0.275. The quantitative estimate of drug-likeness (QED) is 0.449. The van der Waals surface area contributed by atoms with E-state index in [9.17, 15) is 0 Å². The highest BCUT2D eigenvalue weighted by molar-refractivity contribution is 14.0. The van der Waals surface area contributed by atoms with Gasteiger partial charge in [0.05, 0.1) is 13.2 Å². The Balaban J connectivity index is 0.00000225. The van der Waals surface area contributed by atoms with Gasteiger partial charge in [-0.15, -0.1) is 24.0 Å². The van der Waals surface area contributed by atoms with Gasteiger partial charge >= 0.3 is 0 Å². The number of hydrogen-bond acceptors (Lipinski definition) is 3. The van der Waals surface area contributed by atoms with Crippen molar-refractivity contribution in [3.05, 3.63) is 0 Å². The second-order valence-corrected chi connectivity index (χ2v) is 4.19. The molecule has 3 N–H and O–H groups in total. The van der Waals surface area contributed by atoms with E-state index in [0.717, 1.165) is 13.0 Å². The minimum Gasteiger partial charge on any atom is -0.378 e. The van der Waals surface area contributed by atoms with E-state index in [2.05, 4.69) is 10.3 Å². The lowest BCUT2D eigenvalue weighted by Crippen LogP contribution is -2.40. The molecule has 1 atom stereocenters. The molecule has 1 unspecified atom stereocenters. The van der Waals surface area contributed by atoms with Gasteiger partial charge in [0, 0.05) is 26.2 Å². The summed E-state index contributed by atoms with van der Waals surface area (Å²) in [6.45, 7) is 5.93. The zero-order valence-electron chi connectivity index (χ0n) is 10.2. The second kappa shape index (κ2) is 7.29. The largest absolute Gasteiger partial charge is 0.378 e. The molecule has 1 saturated heterocycles. The van der Waals surface area contributed by atoms with Gasteiger partial charge < -0.3 is 20.5 Å². The lowest BCUT2D eigenvalue weighted by atomic mass is 10.0. The molecule has 0 aliphatic carbocycles. The molecule has 0 saturated carbocycles. The highest BCUT2D eigenvalue weighted by Gasteiger charge is 2.34. The summed E-state index contributed by atoms with van der Waals surface area (Å²) in [4.78, 5) is 4.27. The van der Waals surface area contributed by atoms with Crippen LogP contribution in [0.2, 0.25) is 0 Å². The molecule has 0 bridgehead atoms. The summed E-state index contributed by atoms with van der Waals surface area (Å²) in [5, 5.41) is 3.04. The van der Waals surface area contributed by atoms with Gasteiger partial charge in [-0.25, -0.2) is 0 Å². The van der Waals surface area contributed by atoms with Gasteiger partial charge in [-0.1, -0.05) is 0 Å². The van der Waals surface area contributed by atoms with Gasteiger partial charge in [0.15, 0.2) is 5.96 Å². The van der Waals surface area contributed by atoms with E-state index in [-0.39, 0.29) is 29.6 Å². The van der Waals surface area contributed by atoms with Crippen LogP contribution in [-0.2, 0) is 9.47 Å². The number of methoxy groups -OCH3 is 1. The van der Waals surface area contributed by atoms with Crippen LogP contribution in [0, 0.1) is 0 Å². The van der Waals surface area contributed by atoms with Gasteiger partial charge in [-0.3, -0.25) is 4.99 Å². The first-order valence-corrected chi connectivity index (χ1v) is 5.27. The summed E-state index contributed by atoms with van der Waals surface area (Å²) in [5.74, 6) is 0.466. The molecular formula is C10H22IN3O2. The highest BCUT2D eigenvalue weighted by atomic mass is 127. The molecule has 16 heavy (non-hydrogen) atoms. The molecule has 0 aromatic rings. The first-order chi connectivity index (χ1) is 7.08. The number of aliphatic imine (C=N–C) groups is 1. The molecule has 0 aromatic heterocycles. The van der Waals surface area contributed by atoms with E-state index in [4.69, 9.17) is 15.2 Å². The zero-order chi connectivity index (χ0) is 11.3. The van der Waals surface area contributed by atoms with Crippen LogP contribution in [0.3, 0.4) is 0 Å². The maximum atomic E-state index is 5.71. The molecule has 1 aliphatic rings. The lowest BCUT2D eigenvalue weighted by molar-refractivity contribution is -0.00906. The average Bonchev–Trinajstić information content (AvgIpc) is 2.63. The Kier molecular flexibility index (Phi) is 7.25. The Morgan fingerprint density at radius 2 is 2.31 bits per heavy atom. The van der Waals surface area contributed by atoms with Crippen LogP contribution >= 0.6 is 24.0 Å². The third-order valence-corrected chi connectivity index (χ3v) is 2.47. The van der Waals surface area contributed by atoms with Gasteiger partial charge in [0.25, 0.3) is 0 Å². The van der Waals surface area contributed by atoms with Crippen LogP contribution in [0.15, 0.2) is 4.99 Å². The topological polar surface area (TPSA) is 68.9 Å². The number of guanidine groups is 1. The smallest absolute Gasteiger partial charge is 0.188 e. The Morgan fingerprint density at radius 1 is 1.62 bits per heavy atom. The maximum Gasteiger partial charge on any atom is 0.188 e. The molecule has 1 aliphatic heterocycles. The fourth-order valence-electron chi connectivity index (χ4n) is 1.51. The third kappa shape index (κ3) is 4.84. The number of halogens is 1. The summed E-state index contributed by atoms with van der Waals surface area (Å²) in [6, 6.07) is 0.298. The number of nitrogens with zero attached hydrogens (tertiary/aromatic N) is 1. The van der Waals surface area contributed by atoms with E-state index in [1.54, 1.807) is 7.11 Å². The monoisotopic (exact) mass is 343 g/mol. The van der Waals surface area contributed by atoms with Crippen LogP contribution in [0.25, 0.3) is 0 Å². The van der Waals surface area contributed by atoms with E-state index in [1.807, 2.05) is 13.8 Å². The predicted molar refractivity (Wildman–Crippen MR) is 75.4 cm³/mol. The lowest BCUT2D eigenvalue weighted by Gasteiger charge is -2.23. The van der Waals surface area contributed by atoms with E-state index >= 15 is 0 Å².